The predicted octanol–water partition coefficient (Wildman–Crippen LogP) is 3.88. The first-order valence-corrected chi connectivity index (χ1v) is 16.5. The predicted molar refractivity (Wildman–Crippen MR) is 177 cm³/mol. The summed E-state index contributed by atoms with van der Waals surface area (Å²) in [6.07, 6.45) is 3.68. The Morgan fingerprint density at radius 1 is 0.848 bits per heavy atom. The number of anilines is 1. The van der Waals surface area contributed by atoms with Crippen LogP contribution in [0.15, 0.2) is 78.9 Å². The van der Waals surface area contributed by atoms with Crippen molar-refractivity contribution in [2.75, 3.05) is 16.9 Å². The van der Waals surface area contributed by atoms with Gasteiger partial charge in [0.05, 0.1) is 12.0 Å². The summed E-state index contributed by atoms with van der Waals surface area (Å²) >= 11 is 1.50. The zero-order valence-corrected chi connectivity index (χ0v) is 28.0. The van der Waals surface area contributed by atoms with Crippen molar-refractivity contribution in [2.24, 2.45) is 0 Å². The van der Waals surface area contributed by atoms with Crippen LogP contribution in [0.5, 0.6) is 0 Å². The van der Waals surface area contributed by atoms with Crippen molar-refractivity contribution in [3.63, 3.8) is 0 Å². The summed E-state index contributed by atoms with van der Waals surface area (Å²) in [6, 6.07) is 21.9. The third kappa shape index (κ3) is 9.25. The molecule has 0 saturated heterocycles. The van der Waals surface area contributed by atoms with Crippen molar-refractivity contribution in [1.82, 2.24) is 5.32 Å². The van der Waals surface area contributed by atoms with Gasteiger partial charge in [0.2, 0.25) is 0 Å². The number of thioether (sulfide) groups is 1. The van der Waals surface area contributed by atoms with Crippen molar-refractivity contribution >= 4 is 29.3 Å². The number of hydrogen-bond donors (Lipinski definition) is 1. The van der Waals surface area contributed by atoms with Gasteiger partial charge in [-0.1, -0.05) is 62.4 Å². The van der Waals surface area contributed by atoms with E-state index in [9.17, 15) is 23.5 Å². The van der Waals surface area contributed by atoms with E-state index in [0.29, 0.717) is 29.0 Å². The second kappa shape index (κ2) is 17.4. The van der Waals surface area contributed by atoms with Crippen LogP contribution in [-0.2, 0) is 30.7 Å². The summed E-state index contributed by atoms with van der Waals surface area (Å²) in [4.78, 5) is 27.5. The van der Waals surface area contributed by atoms with E-state index in [0.717, 1.165) is 52.4 Å². The number of benzene rings is 4. The van der Waals surface area contributed by atoms with Gasteiger partial charge in [0.1, 0.15) is 11.6 Å². The fraction of sp³-hybridized carbons (Fsp3) is 0.297. The second-order valence-electron chi connectivity index (χ2n) is 11.1. The summed E-state index contributed by atoms with van der Waals surface area (Å²) in [5, 5.41) is 14.5. The molecule has 4 aromatic rings. The van der Waals surface area contributed by atoms with Crippen molar-refractivity contribution in [2.45, 2.75) is 59.2 Å². The number of aryl methyl sites for hydroxylation is 3. The molecule has 0 aliphatic heterocycles. The molecule has 0 fully saturated rings. The van der Waals surface area contributed by atoms with E-state index >= 15 is 0 Å². The Kier molecular flexibility index (Phi) is 13.9. The monoisotopic (exact) mass is 636 g/mol. The first-order valence-electron chi connectivity index (χ1n) is 15.1. The summed E-state index contributed by atoms with van der Waals surface area (Å²) in [5.41, 5.74) is 7.49. The first-order chi connectivity index (χ1) is 21.6. The number of aliphatic carboxylic acids is 1. The van der Waals surface area contributed by atoms with Gasteiger partial charge in [-0.25, -0.2) is 8.78 Å². The van der Waals surface area contributed by atoms with Crippen LogP contribution in [0.2, 0.25) is 0 Å². The van der Waals surface area contributed by atoms with E-state index in [2.05, 4.69) is 36.2 Å². The Balaban J connectivity index is 0.00000576. The maximum absolute atomic E-state index is 14.3. The molecule has 0 heterocycles. The summed E-state index contributed by atoms with van der Waals surface area (Å²) in [5.74, 6) is -2.51. The van der Waals surface area contributed by atoms with Crippen molar-refractivity contribution in [3.8, 4) is 11.1 Å². The standard InChI is InChI=1S/C37H40F2N2O3S.Li/c1-5-27-11-9-12-28(6-2)35(27)41(23-26-18-29(38)21-30(39)19-26)22-25-14-15-32(33(20-25)31-13-8-7-10-24(31)3)36(42)40-34(37(43)44)16-17-45-4;/h7-15,18-21,34H,5-6,16-17,22-23H2,1-4H3,(H,40,42)(H,43,44);/q;+1/p-1/t34-;/m0./s1. The van der Waals surface area contributed by atoms with E-state index < -0.39 is 29.6 Å². The number of rotatable bonds is 14. The topological polar surface area (TPSA) is 72.5 Å². The second-order valence-corrected chi connectivity index (χ2v) is 12.1. The molecule has 0 bridgehead atoms. The normalized spacial score (nSPS) is 11.4. The van der Waals surface area contributed by atoms with Crippen LogP contribution in [0.25, 0.3) is 11.1 Å². The van der Waals surface area contributed by atoms with Gasteiger partial charge in [0.25, 0.3) is 5.91 Å². The molecule has 1 amide bonds. The third-order valence-corrected chi connectivity index (χ3v) is 8.56. The van der Waals surface area contributed by atoms with Crippen molar-refractivity contribution in [3.05, 3.63) is 124 Å². The van der Waals surface area contributed by atoms with Crippen molar-refractivity contribution < 1.29 is 42.3 Å². The van der Waals surface area contributed by atoms with Crippen LogP contribution in [0.4, 0.5) is 14.5 Å². The Hall–Kier alpha value is -3.57. The average Bonchev–Trinajstić information content (AvgIpc) is 3.01. The number of amides is 1. The molecular formula is C37H39F2LiN2O3S. The Labute approximate surface area is 287 Å². The first kappa shape index (κ1) is 36.9. The molecule has 0 aliphatic rings. The van der Waals surface area contributed by atoms with E-state index in [1.807, 2.05) is 55.6 Å². The van der Waals surface area contributed by atoms with Crippen LogP contribution in [-0.4, -0.2) is 29.9 Å². The van der Waals surface area contributed by atoms with Crippen LogP contribution in [0.1, 0.15) is 58.4 Å². The Morgan fingerprint density at radius 2 is 1.48 bits per heavy atom. The van der Waals surface area contributed by atoms with Gasteiger partial charge in [-0.15, -0.1) is 0 Å². The average molecular weight is 637 g/mol. The summed E-state index contributed by atoms with van der Waals surface area (Å²) in [7, 11) is 0. The van der Waals surface area contributed by atoms with E-state index in [1.54, 1.807) is 6.07 Å². The molecule has 46 heavy (non-hydrogen) atoms. The third-order valence-electron chi connectivity index (χ3n) is 7.91. The largest absolute Gasteiger partial charge is 1.00 e. The molecule has 1 N–H and O–H groups in total. The number of para-hydroxylation sites is 1. The molecule has 0 unspecified atom stereocenters. The molecule has 0 aliphatic carbocycles. The molecule has 236 valence electrons. The van der Waals surface area contributed by atoms with Crippen LogP contribution < -0.4 is 34.2 Å². The van der Waals surface area contributed by atoms with Gasteiger partial charge in [-0.2, -0.15) is 11.8 Å². The maximum atomic E-state index is 14.3. The van der Waals surface area contributed by atoms with Crippen LogP contribution >= 0.6 is 11.8 Å². The van der Waals surface area contributed by atoms with Crippen molar-refractivity contribution in [1.29, 1.82) is 0 Å². The molecule has 0 saturated carbocycles. The van der Waals surface area contributed by atoms with E-state index in [-0.39, 0.29) is 31.8 Å². The van der Waals surface area contributed by atoms with Crippen LogP contribution in [0, 0.1) is 18.6 Å². The number of nitrogens with one attached hydrogen (secondary N) is 1. The van der Waals surface area contributed by atoms with Gasteiger partial charge < -0.3 is 20.1 Å². The molecule has 4 rings (SSSR count). The number of halogens is 2. The molecular weight excluding hydrogens is 597 g/mol. The molecule has 0 spiro atoms. The van der Waals surface area contributed by atoms with Gasteiger partial charge >= 0.3 is 18.9 Å². The number of carbonyl (C=O) groups is 2. The minimum Gasteiger partial charge on any atom is -0.548 e. The number of nitrogens with zero attached hydrogens (tertiary/aromatic N) is 1. The van der Waals surface area contributed by atoms with E-state index in [1.165, 1.54) is 23.9 Å². The van der Waals surface area contributed by atoms with E-state index in [4.69, 9.17) is 0 Å². The van der Waals surface area contributed by atoms with Gasteiger partial charge in [-0.3, -0.25) is 4.79 Å². The van der Waals surface area contributed by atoms with Gasteiger partial charge in [0.15, 0.2) is 0 Å². The SMILES string of the molecule is CCc1cccc(CC)c1N(Cc1cc(F)cc(F)c1)Cc1ccc(C(=O)N[C@@H](CCSC)C(=O)[O-])c(-c2ccccc2C)c1.[Li+]. The summed E-state index contributed by atoms with van der Waals surface area (Å²) < 4.78 is 28.5. The number of hydrogen-bond acceptors (Lipinski definition) is 5. The van der Waals surface area contributed by atoms with Gasteiger partial charge in [-0.05, 0) is 101 Å². The molecule has 4 aromatic carbocycles. The Morgan fingerprint density at radius 3 is 2.07 bits per heavy atom. The zero-order chi connectivity index (χ0) is 32.5. The maximum Gasteiger partial charge on any atom is 1.00 e. The molecule has 5 nitrogen and oxygen atoms in total. The number of carbonyl (C=O) groups excluding carboxylic acids is 2. The summed E-state index contributed by atoms with van der Waals surface area (Å²) in [6.45, 7) is 6.80. The zero-order valence-electron chi connectivity index (χ0n) is 27.2. The minimum atomic E-state index is -1.32. The molecule has 9 heteroatoms. The fourth-order valence-electron chi connectivity index (χ4n) is 5.68. The number of carboxylic acid groups (broad SMARTS) is 1. The molecule has 0 aromatic heterocycles. The fourth-order valence-corrected chi connectivity index (χ4v) is 6.16. The quantitative estimate of drug-likeness (QED) is 0.213. The van der Waals surface area contributed by atoms with Crippen LogP contribution in [0.3, 0.4) is 0 Å². The minimum absolute atomic E-state index is 0. The molecule has 0 radical (unpaired) electrons. The Bertz CT molecular complexity index is 1620. The smallest absolute Gasteiger partial charge is 0.548 e. The molecule has 1 atom stereocenters. The number of carboxylic acids is 1. The van der Waals surface area contributed by atoms with Gasteiger partial charge in [0, 0.05) is 30.4 Å².